The number of hydrogen-bond acceptors (Lipinski definition) is 1. The number of Topliss-reactive ketones (excluding diaryl/α,β-unsaturated/α-hetero) is 1. The van der Waals surface area contributed by atoms with E-state index in [1.807, 2.05) is 0 Å². The van der Waals surface area contributed by atoms with E-state index in [1.54, 1.807) is 12.1 Å². The summed E-state index contributed by atoms with van der Waals surface area (Å²) in [6, 6.07) is 3.51. The van der Waals surface area contributed by atoms with Crippen molar-refractivity contribution < 1.29 is 4.79 Å². The third-order valence-electron chi connectivity index (χ3n) is 1.39. The molecule has 0 aliphatic rings. The second-order valence-electron chi connectivity index (χ2n) is 2.30. The Labute approximate surface area is 97.8 Å². The fraction of sp³-hybridized carbons (Fsp3) is 0.125. The summed E-state index contributed by atoms with van der Waals surface area (Å²) in [6.07, 6.45) is 0. The van der Waals surface area contributed by atoms with Gasteiger partial charge in [0.05, 0.1) is 5.02 Å². The Kier molecular flexibility index (Phi) is 3.55. The van der Waals surface area contributed by atoms with Gasteiger partial charge in [-0.15, -0.1) is 0 Å². The minimum absolute atomic E-state index is 0.0384. The molecule has 0 saturated heterocycles. The molecule has 0 aliphatic heterocycles. The zero-order chi connectivity index (χ0) is 9.30. The highest BCUT2D eigenvalue weighted by Crippen LogP contribution is 2.26. The maximum atomic E-state index is 11.1. The van der Waals surface area contributed by atoms with Crippen molar-refractivity contribution in [2.75, 3.05) is 0 Å². The van der Waals surface area contributed by atoms with Crippen molar-refractivity contribution in [3.8, 4) is 0 Å². The average molecular weight is 359 g/mol. The zero-order valence-electron chi connectivity index (χ0n) is 6.20. The van der Waals surface area contributed by atoms with E-state index in [2.05, 4.69) is 38.5 Å². The van der Waals surface area contributed by atoms with Crippen LogP contribution in [-0.4, -0.2) is 5.78 Å². The monoisotopic (exact) mass is 358 g/mol. The number of hydrogen-bond donors (Lipinski definition) is 0. The molecular formula is C8H5BrClIO. The Morgan fingerprint density at radius 1 is 1.58 bits per heavy atom. The number of benzene rings is 1. The molecule has 0 spiro atoms. The van der Waals surface area contributed by atoms with Crippen LogP contribution in [-0.2, 0) is 0 Å². The van der Waals surface area contributed by atoms with Crippen LogP contribution in [0.4, 0.5) is 0 Å². The molecule has 1 nitrogen and oxygen atoms in total. The van der Waals surface area contributed by atoms with Crippen molar-refractivity contribution in [1.82, 2.24) is 0 Å². The molecular weight excluding hydrogens is 354 g/mol. The van der Waals surface area contributed by atoms with Gasteiger partial charge in [-0.3, -0.25) is 4.79 Å². The first-order valence-corrected chi connectivity index (χ1v) is 5.43. The van der Waals surface area contributed by atoms with Crippen molar-refractivity contribution in [2.45, 2.75) is 6.92 Å². The summed E-state index contributed by atoms with van der Waals surface area (Å²) in [5.74, 6) is 0.0384. The van der Waals surface area contributed by atoms with Crippen molar-refractivity contribution in [2.24, 2.45) is 0 Å². The molecule has 0 bridgehead atoms. The first kappa shape index (κ1) is 10.5. The van der Waals surface area contributed by atoms with Crippen molar-refractivity contribution in [3.63, 3.8) is 0 Å². The van der Waals surface area contributed by atoms with Gasteiger partial charge in [0, 0.05) is 13.6 Å². The van der Waals surface area contributed by atoms with Crippen LogP contribution in [0.3, 0.4) is 0 Å². The quantitative estimate of drug-likeness (QED) is 0.422. The van der Waals surface area contributed by atoms with E-state index in [4.69, 9.17) is 11.6 Å². The van der Waals surface area contributed by atoms with Crippen LogP contribution in [0.2, 0.25) is 5.02 Å². The molecule has 0 atom stereocenters. The molecule has 0 unspecified atom stereocenters. The van der Waals surface area contributed by atoms with Gasteiger partial charge in [0.25, 0.3) is 0 Å². The highest BCUT2D eigenvalue weighted by atomic mass is 127. The Balaban J connectivity index is 3.33. The molecule has 0 fully saturated rings. The molecule has 0 N–H and O–H groups in total. The summed E-state index contributed by atoms with van der Waals surface area (Å²) in [4.78, 5) is 11.1. The number of halogens is 3. The molecule has 0 heterocycles. The van der Waals surface area contributed by atoms with Crippen LogP contribution in [0.25, 0.3) is 0 Å². The maximum Gasteiger partial charge on any atom is 0.160 e. The van der Waals surface area contributed by atoms with Gasteiger partial charge >= 0.3 is 0 Å². The lowest BCUT2D eigenvalue weighted by atomic mass is 10.1. The van der Waals surface area contributed by atoms with Gasteiger partial charge in [-0.05, 0) is 57.6 Å². The van der Waals surface area contributed by atoms with Crippen molar-refractivity contribution >= 4 is 55.9 Å². The molecule has 4 heteroatoms. The Bertz CT molecular complexity index is 338. The van der Waals surface area contributed by atoms with E-state index in [1.165, 1.54) is 6.92 Å². The van der Waals surface area contributed by atoms with Crippen molar-refractivity contribution in [3.05, 3.63) is 30.8 Å². The summed E-state index contributed by atoms with van der Waals surface area (Å²) in [6.45, 7) is 1.53. The van der Waals surface area contributed by atoms with Crippen LogP contribution in [0.5, 0.6) is 0 Å². The molecule has 0 aliphatic carbocycles. The topological polar surface area (TPSA) is 17.1 Å². The third kappa shape index (κ3) is 2.20. The molecule has 0 amide bonds. The lowest BCUT2D eigenvalue weighted by Gasteiger charge is -2.02. The Morgan fingerprint density at radius 3 is 2.67 bits per heavy atom. The van der Waals surface area contributed by atoms with Gasteiger partial charge in [-0.2, -0.15) is 0 Å². The summed E-state index contributed by atoms with van der Waals surface area (Å²) in [5.41, 5.74) is 0.670. The van der Waals surface area contributed by atoms with E-state index in [0.717, 1.165) is 8.04 Å². The lowest BCUT2D eigenvalue weighted by Crippen LogP contribution is -1.94. The third-order valence-corrected chi connectivity index (χ3v) is 3.57. The van der Waals surface area contributed by atoms with Crippen LogP contribution in [0.15, 0.2) is 16.6 Å². The summed E-state index contributed by atoms with van der Waals surface area (Å²) in [7, 11) is 0. The molecule has 0 radical (unpaired) electrons. The largest absolute Gasteiger partial charge is 0.294 e. The highest BCUT2D eigenvalue weighted by Gasteiger charge is 2.08. The molecule has 64 valence electrons. The van der Waals surface area contributed by atoms with Gasteiger partial charge in [-0.1, -0.05) is 11.6 Å². The Morgan fingerprint density at radius 2 is 2.17 bits per heavy atom. The minimum atomic E-state index is 0.0384. The SMILES string of the molecule is CC(=O)c1cc(I)c(Cl)cc1Br. The summed E-state index contributed by atoms with van der Waals surface area (Å²) < 4.78 is 1.64. The van der Waals surface area contributed by atoms with E-state index < -0.39 is 0 Å². The maximum absolute atomic E-state index is 11.1. The first-order chi connectivity index (χ1) is 5.52. The summed E-state index contributed by atoms with van der Waals surface area (Å²) >= 11 is 11.2. The number of rotatable bonds is 1. The molecule has 0 saturated carbocycles. The highest BCUT2D eigenvalue weighted by molar-refractivity contribution is 14.1. The number of carbonyl (C=O) groups is 1. The van der Waals surface area contributed by atoms with E-state index >= 15 is 0 Å². The number of carbonyl (C=O) groups excluding carboxylic acids is 1. The van der Waals surface area contributed by atoms with Gasteiger partial charge in [0.15, 0.2) is 5.78 Å². The minimum Gasteiger partial charge on any atom is -0.294 e. The Hall–Kier alpha value is 0.390. The predicted molar refractivity (Wildman–Crippen MR) is 61.9 cm³/mol. The average Bonchev–Trinajstić information content (AvgIpc) is 1.96. The van der Waals surface area contributed by atoms with Crippen LogP contribution < -0.4 is 0 Å². The molecule has 0 aromatic heterocycles. The zero-order valence-corrected chi connectivity index (χ0v) is 10.7. The van der Waals surface area contributed by atoms with Crippen LogP contribution >= 0.6 is 50.1 Å². The van der Waals surface area contributed by atoms with Gasteiger partial charge in [0.2, 0.25) is 0 Å². The molecule has 12 heavy (non-hydrogen) atoms. The van der Waals surface area contributed by atoms with Crippen LogP contribution in [0, 0.1) is 3.57 Å². The van der Waals surface area contributed by atoms with Crippen LogP contribution in [0.1, 0.15) is 17.3 Å². The lowest BCUT2D eigenvalue weighted by molar-refractivity contribution is 0.101. The van der Waals surface area contributed by atoms with E-state index in [0.29, 0.717) is 10.6 Å². The van der Waals surface area contributed by atoms with E-state index in [9.17, 15) is 4.79 Å². The molecule has 1 aromatic rings. The second kappa shape index (κ2) is 4.07. The standard InChI is InChI=1S/C8H5BrClIO/c1-4(12)5-2-8(11)7(10)3-6(5)9/h2-3H,1H3. The van der Waals surface area contributed by atoms with Gasteiger partial charge in [-0.25, -0.2) is 0 Å². The van der Waals surface area contributed by atoms with Crippen molar-refractivity contribution in [1.29, 1.82) is 0 Å². The molecule has 1 aromatic carbocycles. The second-order valence-corrected chi connectivity index (χ2v) is 4.73. The number of ketones is 1. The van der Waals surface area contributed by atoms with Gasteiger partial charge < -0.3 is 0 Å². The van der Waals surface area contributed by atoms with E-state index in [-0.39, 0.29) is 5.78 Å². The molecule has 1 rings (SSSR count). The smallest absolute Gasteiger partial charge is 0.160 e. The first-order valence-electron chi connectivity index (χ1n) is 3.18. The normalized spacial score (nSPS) is 10.0. The van der Waals surface area contributed by atoms with Gasteiger partial charge in [0.1, 0.15) is 0 Å². The fourth-order valence-corrected chi connectivity index (χ4v) is 2.18. The predicted octanol–water partition coefficient (Wildman–Crippen LogP) is 3.91. The summed E-state index contributed by atoms with van der Waals surface area (Å²) in [5, 5.41) is 0.660. The fourth-order valence-electron chi connectivity index (χ4n) is 0.792.